The Morgan fingerprint density at radius 3 is 2.62 bits per heavy atom. The van der Waals surface area contributed by atoms with Gasteiger partial charge in [-0.15, -0.1) is 0 Å². The van der Waals surface area contributed by atoms with Crippen molar-refractivity contribution in [2.45, 2.75) is 19.4 Å². The summed E-state index contributed by atoms with van der Waals surface area (Å²) in [6.07, 6.45) is 1.92. The van der Waals surface area contributed by atoms with Gasteiger partial charge in [0, 0.05) is 10.9 Å². The SMILES string of the molecule is CCOC(=O)C(Cc1ccccc1)n1c(O)c(C=Nc2ccc(Br)cc2)sc1=S. The minimum absolute atomic E-state index is 0.0881. The van der Waals surface area contributed by atoms with Crippen LogP contribution in [0.2, 0.25) is 0 Å². The Balaban J connectivity index is 1.94. The van der Waals surface area contributed by atoms with Crippen molar-refractivity contribution in [2.24, 2.45) is 4.99 Å². The lowest BCUT2D eigenvalue weighted by atomic mass is 10.1. The van der Waals surface area contributed by atoms with E-state index in [2.05, 4.69) is 20.9 Å². The molecule has 3 rings (SSSR count). The van der Waals surface area contributed by atoms with Gasteiger partial charge in [0.25, 0.3) is 0 Å². The highest BCUT2D eigenvalue weighted by Gasteiger charge is 2.27. The number of nitrogens with zero attached hydrogens (tertiary/aromatic N) is 2. The number of carbonyl (C=O) groups excluding carboxylic acids is 1. The molecule has 29 heavy (non-hydrogen) atoms. The first-order valence-corrected chi connectivity index (χ1v) is 11.0. The Morgan fingerprint density at radius 2 is 1.97 bits per heavy atom. The number of hydrogen-bond acceptors (Lipinski definition) is 6. The van der Waals surface area contributed by atoms with Crippen LogP contribution >= 0.6 is 39.5 Å². The molecule has 0 aliphatic carbocycles. The summed E-state index contributed by atoms with van der Waals surface area (Å²) in [6.45, 7) is 2.00. The van der Waals surface area contributed by atoms with E-state index in [0.717, 1.165) is 15.7 Å². The van der Waals surface area contributed by atoms with Gasteiger partial charge < -0.3 is 9.84 Å². The third kappa shape index (κ3) is 5.41. The third-order valence-electron chi connectivity index (χ3n) is 4.14. The number of hydrogen-bond donors (Lipinski definition) is 1. The van der Waals surface area contributed by atoms with E-state index in [9.17, 15) is 9.90 Å². The highest BCUT2D eigenvalue weighted by Crippen LogP contribution is 2.31. The molecule has 1 heterocycles. The number of rotatable bonds is 7. The van der Waals surface area contributed by atoms with Crippen molar-refractivity contribution in [1.82, 2.24) is 4.57 Å². The molecule has 0 spiro atoms. The number of thiazole rings is 1. The fourth-order valence-electron chi connectivity index (χ4n) is 2.77. The van der Waals surface area contributed by atoms with Gasteiger partial charge in [0.15, 0.2) is 3.95 Å². The summed E-state index contributed by atoms with van der Waals surface area (Å²) in [5, 5.41) is 10.8. The lowest BCUT2D eigenvalue weighted by molar-refractivity contribution is -0.147. The van der Waals surface area contributed by atoms with Crippen molar-refractivity contribution in [2.75, 3.05) is 6.61 Å². The zero-order valence-corrected chi connectivity index (χ0v) is 18.8. The Hall–Kier alpha value is -2.29. The lowest BCUT2D eigenvalue weighted by Gasteiger charge is -2.18. The molecule has 1 atom stereocenters. The molecule has 0 amide bonds. The standard InChI is InChI=1S/C21H19BrN2O3S2/c1-2-27-20(26)17(12-14-6-4-3-5-7-14)24-19(25)18(29-21(24)28)13-23-16-10-8-15(22)9-11-16/h3-11,13,17,25H,2,12H2,1H3. The maximum atomic E-state index is 12.6. The molecule has 150 valence electrons. The highest BCUT2D eigenvalue weighted by atomic mass is 79.9. The molecule has 2 aromatic carbocycles. The van der Waals surface area contributed by atoms with E-state index in [4.69, 9.17) is 17.0 Å². The number of aromatic nitrogens is 1. The molecule has 1 N–H and O–H groups in total. The largest absolute Gasteiger partial charge is 0.493 e. The van der Waals surface area contributed by atoms with E-state index in [1.807, 2.05) is 54.6 Å². The Bertz CT molecular complexity index is 1060. The number of aromatic hydroxyl groups is 1. The molecular weight excluding hydrogens is 472 g/mol. The summed E-state index contributed by atoms with van der Waals surface area (Å²) < 4.78 is 8.03. The predicted octanol–water partition coefficient (Wildman–Crippen LogP) is 5.84. The normalized spacial score (nSPS) is 12.2. The lowest BCUT2D eigenvalue weighted by Crippen LogP contribution is -2.24. The van der Waals surface area contributed by atoms with Crippen molar-refractivity contribution in [3.63, 3.8) is 0 Å². The van der Waals surface area contributed by atoms with E-state index in [-0.39, 0.29) is 12.5 Å². The van der Waals surface area contributed by atoms with Gasteiger partial charge in [0.1, 0.15) is 10.9 Å². The van der Waals surface area contributed by atoms with Crippen LogP contribution in [0.5, 0.6) is 5.88 Å². The molecule has 0 aliphatic rings. The van der Waals surface area contributed by atoms with Gasteiger partial charge >= 0.3 is 5.97 Å². The van der Waals surface area contributed by atoms with Crippen LogP contribution in [0.25, 0.3) is 0 Å². The van der Waals surface area contributed by atoms with Crippen LogP contribution in [-0.2, 0) is 16.0 Å². The molecule has 0 aliphatic heterocycles. The topological polar surface area (TPSA) is 63.8 Å². The second-order valence-electron chi connectivity index (χ2n) is 6.12. The first kappa shape index (κ1) is 21.4. The summed E-state index contributed by atoms with van der Waals surface area (Å²) in [4.78, 5) is 17.5. The van der Waals surface area contributed by atoms with Crippen molar-refractivity contribution >= 4 is 57.4 Å². The first-order valence-electron chi connectivity index (χ1n) is 8.94. The zero-order chi connectivity index (χ0) is 20.8. The average Bonchev–Trinajstić information content (AvgIpc) is 3.00. The minimum Gasteiger partial charge on any atom is -0.493 e. The Kier molecular flexibility index (Phi) is 7.35. The first-order chi connectivity index (χ1) is 14.0. The number of halogens is 1. The van der Waals surface area contributed by atoms with E-state index in [1.165, 1.54) is 15.9 Å². The van der Waals surface area contributed by atoms with Crippen LogP contribution in [0.15, 0.2) is 64.1 Å². The van der Waals surface area contributed by atoms with Gasteiger partial charge in [-0.1, -0.05) is 57.6 Å². The van der Waals surface area contributed by atoms with Crippen molar-refractivity contribution in [3.8, 4) is 5.88 Å². The van der Waals surface area contributed by atoms with Crippen LogP contribution in [0.1, 0.15) is 23.4 Å². The second-order valence-corrected chi connectivity index (χ2v) is 8.71. The van der Waals surface area contributed by atoms with Gasteiger partial charge in [-0.2, -0.15) is 0 Å². The van der Waals surface area contributed by atoms with E-state index in [0.29, 0.717) is 15.3 Å². The second kappa shape index (κ2) is 9.96. The molecule has 0 bridgehead atoms. The molecule has 1 aromatic heterocycles. The average molecular weight is 491 g/mol. The molecule has 0 saturated heterocycles. The van der Waals surface area contributed by atoms with Crippen LogP contribution < -0.4 is 0 Å². The molecule has 5 nitrogen and oxygen atoms in total. The minimum atomic E-state index is -0.754. The quantitative estimate of drug-likeness (QED) is 0.256. The van der Waals surface area contributed by atoms with Gasteiger partial charge in [-0.25, -0.2) is 4.79 Å². The summed E-state index contributed by atoms with van der Waals surface area (Å²) in [7, 11) is 0. The maximum Gasteiger partial charge on any atom is 0.329 e. The van der Waals surface area contributed by atoms with Crippen molar-refractivity contribution < 1.29 is 14.6 Å². The van der Waals surface area contributed by atoms with E-state index in [1.54, 1.807) is 13.1 Å². The molecule has 0 fully saturated rings. The summed E-state index contributed by atoms with van der Waals surface area (Å²) in [6, 6.07) is 16.3. The van der Waals surface area contributed by atoms with Crippen LogP contribution in [0.4, 0.5) is 5.69 Å². The molecule has 0 radical (unpaired) electrons. The predicted molar refractivity (Wildman–Crippen MR) is 122 cm³/mol. The monoisotopic (exact) mass is 490 g/mol. The maximum absolute atomic E-state index is 12.6. The zero-order valence-electron chi connectivity index (χ0n) is 15.6. The van der Waals surface area contributed by atoms with Crippen LogP contribution in [0, 0.1) is 3.95 Å². The molecule has 8 heteroatoms. The van der Waals surface area contributed by atoms with Crippen LogP contribution in [0.3, 0.4) is 0 Å². The fourth-order valence-corrected chi connectivity index (χ4v) is 4.31. The summed E-state index contributed by atoms with van der Waals surface area (Å²) in [5.41, 5.74) is 1.69. The van der Waals surface area contributed by atoms with Crippen molar-refractivity contribution in [1.29, 1.82) is 0 Å². The Labute approximate surface area is 186 Å². The van der Waals surface area contributed by atoms with E-state index < -0.39 is 12.0 Å². The summed E-state index contributed by atoms with van der Waals surface area (Å²) in [5.74, 6) is -0.521. The summed E-state index contributed by atoms with van der Waals surface area (Å²) >= 11 is 10.0. The fraction of sp³-hybridized carbons (Fsp3) is 0.190. The Morgan fingerprint density at radius 1 is 1.28 bits per heavy atom. The highest BCUT2D eigenvalue weighted by molar-refractivity contribution is 9.10. The number of benzene rings is 2. The van der Waals surface area contributed by atoms with Gasteiger partial charge in [0.05, 0.1) is 18.5 Å². The van der Waals surface area contributed by atoms with Crippen molar-refractivity contribution in [3.05, 3.63) is 73.5 Å². The molecule has 0 saturated carbocycles. The van der Waals surface area contributed by atoms with Crippen LogP contribution in [-0.4, -0.2) is 28.5 Å². The molecular formula is C21H19BrN2O3S2. The van der Waals surface area contributed by atoms with Gasteiger partial charge in [-0.05, 0) is 49.0 Å². The smallest absolute Gasteiger partial charge is 0.329 e. The molecule has 3 aromatic rings. The third-order valence-corrected chi connectivity index (χ3v) is 6.00. The van der Waals surface area contributed by atoms with Gasteiger partial charge in [0.2, 0.25) is 5.88 Å². The number of carbonyl (C=O) groups is 1. The number of ether oxygens (including phenoxy) is 1. The van der Waals surface area contributed by atoms with E-state index >= 15 is 0 Å². The van der Waals surface area contributed by atoms with Gasteiger partial charge in [-0.3, -0.25) is 9.56 Å². The number of aliphatic imine (C=N–C) groups is 1. The number of esters is 1. The molecule has 1 unspecified atom stereocenters.